The smallest absolute Gasteiger partial charge is 0.325 e. The summed E-state index contributed by atoms with van der Waals surface area (Å²) in [5, 5.41) is 7.74. The topological polar surface area (TPSA) is 101 Å². The van der Waals surface area contributed by atoms with Gasteiger partial charge in [0.1, 0.15) is 17.8 Å². The number of thiazole rings is 1. The van der Waals surface area contributed by atoms with Gasteiger partial charge in [0.2, 0.25) is 5.91 Å². The van der Waals surface area contributed by atoms with Gasteiger partial charge in [-0.15, -0.1) is 11.3 Å². The minimum Gasteiger partial charge on any atom is -0.497 e. The van der Waals surface area contributed by atoms with Crippen molar-refractivity contribution in [3.05, 3.63) is 65.0 Å². The number of urea groups is 1. The van der Waals surface area contributed by atoms with E-state index in [-0.39, 0.29) is 12.5 Å². The maximum Gasteiger partial charge on any atom is 0.325 e. The minimum atomic E-state index is -1.07. The van der Waals surface area contributed by atoms with Crippen LogP contribution in [0, 0.1) is 0 Å². The van der Waals surface area contributed by atoms with Crippen LogP contribution in [-0.4, -0.2) is 41.4 Å². The fourth-order valence-electron chi connectivity index (χ4n) is 4.26. The Morgan fingerprint density at radius 3 is 2.78 bits per heavy atom. The van der Waals surface area contributed by atoms with Crippen LogP contribution < -0.4 is 15.4 Å². The Kier molecular flexibility index (Phi) is 4.90. The van der Waals surface area contributed by atoms with Crippen LogP contribution >= 0.6 is 11.3 Å². The van der Waals surface area contributed by atoms with E-state index in [1.54, 1.807) is 7.11 Å². The second-order valence-corrected chi connectivity index (χ2v) is 8.56. The first-order valence-electron chi connectivity index (χ1n) is 10.1. The van der Waals surface area contributed by atoms with Crippen molar-refractivity contribution in [2.24, 2.45) is 0 Å². The minimum absolute atomic E-state index is 0.369. The molecule has 2 aliphatic rings. The molecule has 4 amide bonds. The highest BCUT2D eigenvalue weighted by molar-refractivity contribution is 7.14. The summed E-state index contributed by atoms with van der Waals surface area (Å²) in [6.07, 6.45) is 1.20. The number of hydrogen-bond donors (Lipinski definition) is 2. The maximum absolute atomic E-state index is 13.2. The molecule has 0 unspecified atom stereocenters. The van der Waals surface area contributed by atoms with Crippen LogP contribution in [0.2, 0.25) is 0 Å². The highest BCUT2D eigenvalue weighted by Crippen LogP contribution is 2.41. The summed E-state index contributed by atoms with van der Waals surface area (Å²) in [6.45, 7) is -0.369. The molecule has 2 heterocycles. The van der Waals surface area contributed by atoms with Crippen LogP contribution in [0.25, 0.3) is 11.3 Å². The molecule has 8 nitrogen and oxygen atoms in total. The Labute approximate surface area is 188 Å². The fraction of sp³-hybridized carbons (Fsp3) is 0.217. The van der Waals surface area contributed by atoms with Gasteiger partial charge in [-0.05, 0) is 48.2 Å². The molecular formula is C23H20N4O4S. The van der Waals surface area contributed by atoms with E-state index in [2.05, 4.69) is 15.6 Å². The molecule has 32 heavy (non-hydrogen) atoms. The number of anilines is 1. The lowest BCUT2D eigenvalue weighted by Gasteiger charge is -2.22. The predicted octanol–water partition coefficient (Wildman–Crippen LogP) is 3.15. The van der Waals surface area contributed by atoms with Gasteiger partial charge in [0.15, 0.2) is 5.13 Å². The molecule has 1 aliphatic carbocycles. The molecule has 1 saturated heterocycles. The van der Waals surface area contributed by atoms with Crippen molar-refractivity contribution < 1.29 is 19.1 Å². The summed E-state index contributed by atoms with van der Waals surface area (Å²) in [5.74, 6) is -0.123. The number of fused-ring (bicyclic) bond motifs is 2. The molecule has 2 N–H and O–H groups in total. The summed E-state index contributed by atoms with van der Waals surface area (Å²) >= 11 is 1.27. The maximum atomic E-state index is 13.2. The lowest BCUT2D eigenvalue weighted by Crippen LogP contribution is -2.42. The number of ether oxygens (including phenoxy) is 1. The summed E-state index contributed by atoms with van der Waals surface area (Å²) in [6, 6.07) is 14.5. The van der Waals surface area contributed by atoms with Crippen LogP contribution in [0.15, 0.2) is 53.9 Å². The molecule has 1 atom stereocenters. The van der Waals surface area contributed by atoms with Gasteiger partial charge in [-0.1, -0.05) is 24.3 Å². The molecule has 0 bridgehead atoms. The molecular weight excluding hydrogens is 428 g/mol. The first kappa shape index (κ1) is 20.2. The number of benzene rings is 2. The summed E-state index contributed by atoms with van der Waals surface area (Å²) in [4.78, 5) is 43.8. The number of nitrogens with zero attached hydrogens (tertiary/aromatic N) is 2. The highest BCUT2D eigenvalue weighted by atomic mass is 32.1. The molecule has 3 aromatic rings. The van der Waals surface area contributed by atoms with E-state index < -0.39 is 17.5 Å². The molecule has 9 heteroatoms. The molecule has 1 aliphatic heterocycles. The zero-order valence-corrected chi connectivity index (χ0v) is 18.1. The summed E-state index contributed by atoms with van der Waals surface area (Å²) in [7, 11) is 1.60. The van der Waals surface area contributed by atoms with E-state index in [9.17, 15) is 14.4 Å². The van der Waals surface area contributed by atoms with Gasteiger partial charge in [0.05, 0.1) is 12.8 Å². The van der Waals surface area contributed by atoms with Gasteiger partial charge in [-0.3, -0.25) is 14.5 Å². The van der Waals surface area contributed by atoms with Crippen LogP contribution in [0.5, 0.6) is 5.75 Å². The van der Waals surface area contributed by atoms with Crippen molar-refractivity contribution in [3.8, 4) is 17.0 Å². The molecule has 1 fully saturated rings. The van der Waals surface area contributed by atoms with Crippen molar-refractivity contribution in [1.82, 2.24) is 15.2 Å². The number of nitrogens with one attached hydrogen (secondary N) is 2. The SMILES string of the molecule is COc1ccc(-c2csc(NC(=O)CN3C(=O)N[C@@]4(CCc5ccccc54)C3=O)n2)cc1. The predicted molar refractivity (Wildman–Crippen MR) is 119 cm³/mol. The third-order valence-electron chi connectivity index (χ3n) is 5.86. The molecule has 2 aromatic carbocycles. The molecule has 1 spiro atoms. The van der Waals surface area contributed by atoms with Crippen molar-refractivity contribution in [1.29, 1.82) is 0 Å². The number of hydrogen-bond acceptors (Lipinski definition) is 6. The molecule has 1 aromatic heterocycles. The van der Waals surface area contributed by atoms with Gasteiger partial charge >= 0.3 is 6.03 Å². The summed E-state index contributed by atoms with van der Waals surface area (Å²) in [5.41, 5.74) is 2.38. The first-order valence-corrected chi connectivity index (χ1v) is 11.0. The van der Waals surface area contributed by atoms with Crippen LogP contribution in [-0.2, 0) is 21.5 Å². The zero-order valence-electron chi connectivity index (χ0n) is 17.3. The second kappa shape index (κ2) is 7.76. The Hall–Kier alpha value is -3.72. The average molecular weight is 449 g/mol. The van der Waals surface area contributed by atoms with E-state index in [4.69, 9.17) is 4.74 Å². The van der Waals surface area contributed by atoms with E-state index in [0.717, 1.165) is 27.3 Å². The molecule has 5 rings (SSSR count). The second-order valence-electron chi connectivity index (χ2n) is 7.70. The van der Waals surface area contributed by atoms with Crippen molar-refractivity contribution in [3.63, 3.8) is 0 Å². The van der Waals surface area contributed by atoms with Crippen LogP contribution in [0.3, 0.4) is 0 Å². The largest absolute Gasteiger partial charge is 0.497 e. The monoisotopic (exact) mass is 448 g/mol. The lowest BCUT2D eigenvalue weighted by molar-refractivity contribution is -0.134. The van der Waals surface area contributed by atoms with E-state index in [1.807, 2.05) is 53.9 Å². The van der Waals surface area contributed by atoms with Gasteiger partial charge in [0, 0.05) is 10.9 Å². The quantitative estimate of drug-likeness (QED) is 0.584. The van der Waals surface area contributed by atoms with E-state index in [1.165, 1.54) is 11.3 Å². The first-order chi connectivity index (χ1) is 15.5. The van der Waals surface area contributed by atoms with Crippen molar-refractivity contribution in [2.45, 2.75) is 18.4 Å². The van der Waals surface area contributed by atoms with Gasteiger partial charge in [-0.25, -0.2) is 9.78 Å². The normalized spacial score (nSPS) is 19.2. The number of aryl methyl sites for hydroxylation is 1. The molecule has 162 valence electrons. The highest BCUT2D eigenvalue weighted by Gasteiger charge is 2.55. The van der Waals surface area contributed by atoms with Crippen LogP contribution in [0.4, 0.5) is 9.93 Å². The number of imide groups is 1. The van der Waals surface area contributed by atoms with Crippen LogP contribution in [0.1, 0.15) is 17.5 Å². The lowest BCUT2D eigenvalue weighted by atomic mass is 9.92. The average Bonchev–Trinajstić information content (AvgIpc) is 3.48. The standard InChI is InChI=1S/C23H20N4O4S/c1-31-16-8-6-15(7-9-16)18-13-32-21(24-18)25-19(28)12-27-20(29)23(26-22(27)30)11-10-14-4-2-3-5-17(14)23/h2-9,13H,10-12H2,1H3,(H,26,30)(H,24,25,28)/t23-/m1/s1. The van der Waals surface area contributed by atoms with E-state index in [0.29, 0.717) is 23.7 Å². The van der Waals surface area contributed by atoms with Gasteiger partial charge in [-0.2, -0.15) is 0 Å². The van der Waals surface area contributed by atoms with Gasteiger partial charge in [0.25, 0.3) is 5.91 Å². The van der Waals surface area contributed by atoms with Crippen molar-refractivity contribution >= 4 is 34.3 Å². The Bertz CT molecular complexity index is 1220. The Balaban J connectivity index is 1.27. The third-order valence-corrected chi connectivity index (χ3v) is 6.62. The van der Waals surface area contributed by atoms with E-state index >= 15 is 0 Å². The van der Waals surface area contributed by atoms with Gasteiger partial charge < -0.3 is 15.4 Å². The number of aromatic nitrogens is 1. The Morgan fingerprint density at radius 2 is 2.00 bits per heavy atom. The number of amides is 4. The number of methoxy groups -OCH3 is 1. The van der Waals surface area contributed by atoms with Crippen molar-refractivity contribution in [2.75, 3.05) is 19.0 Å². The Morgan fingerprint density at radius 1 is 1.22 bits per heavy atom. The third kappa shape index (κ3) is 3.31. The molecule has 0 saturated carbocycles. The fourth-order valence-corrected chi connectivity index (χ4v) is 5.00. The number of rotatable bonds is 5. The molecule has 0 radical (unpaired) electrons. The summed E-state index contributed by atoms with van der Waals surface area (Å²) < 4.78 is 5.16. The zero-order chi connectivity index (χ0) is 22.3. The number of carbonyl (C=O) groups excluding carboxylic acids is 3. The number of carbonyl (C=O) groups is 3.